The highest BCUT2D eigenvalue weighted by Crippen LogP contribution is 2.15. The van der Waals surface area contributed by atoms with Gasteiger partial charge in [-0.25, -0.2) is 13.1 Å². The summed E-state index contributed by atoms with van der Waals surface area (Å²) in [6.45, 7) is 3.90. The third-order valence-electron chi connectivity index (χ3n) is 3.69. The van der Waals surface area contributed by atoms with Crippen molar-refractivity contribution in [1.29, 1.82) is 0 Å². The second kappa shape index (κ2) is 7.20. The third-order valence-corrected chi connectivity index (χ3v) is 5.21. The zero-order valence-electron chi connectivity index (χ0n) is 12.1. The molecule has 0 bridgehead atoms. The molecule has 2 rings (SSSR count). The summed E-state index contributed by atoms with van der Waals surface area (Å²) in [4.78, 5) is 0.393. The van der Waals surface area contributed by atoms with Crippen LogP contribution in [0.2, 0.25) is 0 Å². The second-order valence-corrected chi connectivity index (χ2v) is 7.11. The van der Waals surface area contributed by atoms with Crippen molar-refractivity contribution in [1.82, 2.24) is 10.0 Å². The molecule has 1 aromatic rings. The maximum Gasteiger partial charge on any atom is 0.240 e. The number of unbranched alkanes of at least 4 members (excludes halogenated alkanes) is 1. The van der Waals surface area contributed by atoms with Crippen LogP contribution in [0, 0.1) is 0 Å². The van der Waals surface area contributed by atoms with Crippen LogP contribution < -0.4 is 10.0 Å². The van der Waals surface area contributed by atoms with Crippen molar-refractivity contribution in [2.24, 2.45) is 0 Å². The average Bonchev–Trinajstić information content (AvgIpc) is 2.46. The predicted octanol–water partition coefficient (Wildman–Crippen LogP) is 2.06. The number of sulfonamides is 1. The topological polar surface area (TPSA) is 58.2 Å². The summed E-state index contributed by atoms with van der Waals surface area (Å²) in [7, 11) is -3.39. The summed E-state index contributed by atoms with van der Waals surface area (Å²) >= 11 is 0. The Labute approximate surface area is 122 Å². The zero-order chi connectivity index (χ0) is 14.4. The summed E-state index contributed by atoms with van der Waals surface area (Å²) in [5.41, 5.74) is 1.10. The molecule has 2 N–H and O–H groups in total. The molecule has 0 saturated carbocycles. The summed E-state index contributed by atoms with van der Waals surface area (Å²) in [6.07, 6.45) is 4.85. The largest absolute Gasteiger partial charge is 0.317 e. The maximum absolute atomic E-state index is 12.4. The molecule has 0 spiro atoms. The Bertz CT molecular complexity index is 522. The molecule has 4 nitrogen and oxygen atoms in total. The third kappa shape index (κ3) is 4.30. The van der Waals surface area contributed by atoms with Gasteiger partial charge in [-0.3, -0.25) is 0 Å². The van der Waals surface area contributed by atoms with E-state index in [-0.39, 0.29) is 6.04 Å². The minimum absolute atomic E-state index is 0.0561. The van der Waals surface area contributed by atoms with Crippen LogP contribution in [0.15, 0.2) is 29.2 Å². The molecule has 1 aliphatic rings. The van der Waals surface area contributed by atoms with E-state index in [0.29, 0.717) is 4.90 Å². The van der Waals surface area contributed by atoms with E-state index >= 15 is 0 Å². The molecule has 0 radical (unpaired) electrons. The van der Waals surface area contributed by atoms with Crippen molar-refractivity contribution in [3.05, 3.63) is 29.8 Å². The molecule has 1 aromatic carbocycles. The van der Waals surface area contributed by atoms with E-state index in [2.05, 4.69) is 17.0 Å². The molecule has 20 heavy (non-hydrogen) atoms. The molecule has 1 fully saturated rings. The van der Waals surface area contributed by atoms with Crippen molar-refractivity contribution in [3.8, 4) is 0 Å². The second-order valence-electron chi connectivity index (χ2n) is 5.40. The van der Waals surface area contributed by atoms with Gasteiger partial charge in [0.05, 0.1) is 4.90 Å². The van der Waals surface area contributed by atoms with Gasteiger partial charge in [0.25, 0.3) is 0 Å². The molecule has 1 saturated heterocycles. The highest BCUT2D eigenvalue weighted by molar-refractivity contribution is 7.89. The van der Waals surface area contributed by atoms with Gasteiger partial charge in [0.15, 0.2) is 0 Å². The molecular weight excluding hydrogens is 272 g/mol. The van der Waals surface area contributed by atoms with Gasteiger partial charge in [0.1, 0.15) is 0 Å². The lowest BCUT2D eigenvalue weighted by molar-refractivity contribution is 0.427. The van der Waals surface area contributed by atoms with E-state index in [1.807, 2.05) is 12.1 Å². The maximum atomic E-state index is 12.4. The van der Waals surface area contributed by atoms with E-state index < -0.39 is 10.0 Å². The predicted molar refractivity (Wildman–Crippen MR) is 81.3 cm³/mol. The SMILES string of the molecule is CCCCc1cccc(S(=O)(=O)NC2CCNCC2)c1. The Morgan fingerprint density at radius 2 is 2.05 bits per heavy atom. The van der Waals surface area contributed by atoms with E-state index in [1.165, 1.54) is 0 Å². The fourth-order valence-electron chi connectivity index (χ4n) is 2.48. The Hall–Kier alpha value is -0.910. The first-order valence-corrected chi connectivity index (χ1v) is 8.92. The van der Waals surface area contributed by atoms with E-state index in [1.54, 1.807) is 12.1 Å². The number of aryl methyl sites for hydroxylation is 1. The van der Waals surface area contributed by atoms with Crippen LogP contribution in [0.1, 0.15) is 38.2 Å². The van der Waals surface area contributed by atoms with Gasteiger partial charge in [-0.2, -0.15) is 0 Å². The van der Waals surface area contributed by atoms with Crippen molar-refractivity contribution in [2.45, 2.75) is 50.0 Å². The first-order chi connectivity index (χ1) is 9.62. The number of nitrogens with one attached hydrogen (secondary N) is 2. The zero-order valence-corrected chi connectivity index (χ0v) is 12.9. The first-order valence-electron chi connectivity index (χ1n) is 7.44. The van der Waals surface area contributed by atoms with Crippen LogP contribution in [0.25, 0.3) is 0 Å². The van der Waals surface area contributed by atoms with Crippen LogP contribution in [-0.2, 0) is 16.4 Å². The molecule has 1 aliphatic heterocycles. The number of benzene rings is 1. The van der Waals surface area contributed by atoms with Gasteiger partial charge in [0, 0.05) is 6.04 Å². The molecule has 0 aromatic heterocycles. The molecule has 0 atom stereocenters. The van der Waals surface area contributed by atoms with Crippen LogP contribution >= 0.6 is 0 Å². The van der Waals surface area contributed by atoms with Crippen LogP contribution in [0.5, 0.6) is 0 Å². The fourth-order valence-corrected chi connectivity index (χ4v) is 3.85. The smallest absolute Gasteiger partial charge is 0.240 e. The molecule has 1 heterocycles. The monoisotopic (exact) mass is 296 g/mol. The van der Waals surface area contributed by atoms with Gasteiger partial charge >= 0.3 is 0 Å². The van der Waals surface area contributed by atoms with Crippen molar-refractivity contribution < 1.29 is 8.42 Å². The van der Waals surface area contributed by atoms with Crippen LogP contribution in [0.3, 0.4) is 0 Å². The van der Waals surface area contributed by atoms with Crippen LogP contribution in [-0.4, -0.2) is 27.5 Å². The van der Waals surface area contributed by atoms with Gasteiger partial charge < -0.3 is 5.32 Å². The van der Waals surface area contributed by atoms with Gasteiger partial charge in [-0.05, 0) is 56.5 Å². The lowest BCUT2D eigenvalue weighted by Gasteiger charge is -2.23. The quantitative estimate of drug-likeness (QED) is 0.845. The van der Waals surface area contributed by atoms with E-state index in [9.17, 15) is 8.42 Å². The van der Waals surface area contributed by atoms with E-state index in [0.717, 1.165) is 50.8 Å². The van der Waals surface area contributed by atoms with Gasteiger partial charge in [0.2, 0.25) is 10.0 Å². The Morgan fingerprint density at radius 3 is 2.75 bits per heavy atom. The first kappa shape index (κ1) is 15.5. The summed E-state index contributed by atoms with van der Waals surface area (Å²) in [5, 5.41) is 3.24. The number of hydrogen-bond acceptors (Lipinski definition) is 3. The molecule has 0 amide bonds. The Balaban J connectivity index is 2.07. The highest BCUT2D eigenvalue weighted by Gasteiger charge is 2.21. The molecule has 0 aliphatic carbocycles. The molecule has 0 unspecified atom stereocenters. The minimum Gasteiger partial charge on any atom is -0.317 e. The van der Waals surface area contributed by atoms with Crippen LogP contribution in [0.4, 0.5) is 0 Å². The van der Waals surface area contributed by atoms with Crippen molar-refractivity contribution in [2.75, 3.05) is 13.1 Å². The van der Waals surface area contributed by atoms with Gasteiger partial charge in [-0.15, -0.1) is 0 Å². The normalized spacial score (nSPS) is 17.2. The van der Waals surface area contributed by atoms with Crippen molar-refractivity contribution in [3.63, 3.8) is 0 Å². The lowest BCUT2D eigenvalue weighted by atomic mass is 10.1. The van der Waals surface area contributed by atoms with Crippen molar-refractivity contribution >= 4 is 10.0 Å². The Morgan fingerprint density at radius 1 is 1.30 bits per heavy atom. The molecule has 112 valence electrons. The number of rotatable bonds is 6. The Kier molecular flexibility index (Phi) is 5.57. The molecule has 5 heteroatoms. The number of hydrogen-bond donors (Lipinski definition) is 2. The standard InChI is InChI=1S/C15H24N2O2S/c1-2-3-5-13-6-4-7-15(12-13)20(18,19)17-14-8-10-16-11-9-14/h4,6-7,12,14,16-17H,2-3,5,8-11H2,1H3. The minimum atomic E-state index is -3.39. The summed E-state index contributed by atoms with van der Waals surface area (Å²) in [6, 6.07) is 7.37. The summed E-state index contributed by atoms with van der Waals surface area (Å²) < 4.78 is 27.6. The average molecular weight is 296 g/mol. The molecular formula is C15H24N2O2S. The number of piperidine rings is 1. The summed E-state index contributed by atoms with van der Waals surface area (Å²) in [5.74, 6) is 0. The van der Waals surface area contributed by atoms with Gasteiger partial charge in [-0.1, -0.05) is 25.5 Å². The lowest BCUT2D eigenvalue weighted by Crippen LogP contribution is -2.42. The highest BCUT2D eigenvalue weighted by atomic mass is 32.2. The van der Waals surface area contributed by atoms with E-state index in [4.69, 9.17) is 0 Å². The fraction of sp³-hybridized carbons (Fsp3) is 0.600.